The number of fused-ring (bicyclic) bond motifs is 1. The molecule has 22 heavy (non-hydrogen) atoms. The van der Waals surface area contributed by atoms with Crippen LogP contribution < -0.4 is 5.56 Å². The molecular weight excluding hydrogens is 298 g/mol. The van der Waals surface area contributed by atoms with Gasteiger partial charge < -0.3 is 0 Å². The van der Waals surface area contributed by atoms with Crippen molar-refractivity contribution < 1.29 is 0 Å². The molecule has 0 aliphatic carbocycles. The lowest BCUT2D eigenvalue weighted by atomic mass is 10.0. The Balaban J connectivity index is 2.21. The monoisotopic (exact) mass is 309 g/mol. The van der Waals surface area contributed by atoms with E-state index in [1.54, 1.807) is 12.1 Å². The molecular formula is C17H12ClN3O. The van der Waals surface area contributed by atoms with Gasteiger partial charge in [0.05, 0.1) is 17.1 Å². The van der Waals surface area contributed by atoms with E-state index in [1.165, 1.54) is 4.68 Å². The van der Waals surface area contributed by atoms with E-state index < -0.39 is 0 Å². The summed E-state index contributed by atoms with van der Waals surface area (Å²) in [5.74, 6) is 0. The molecule has 0 saturated carbocycles. The minimum absolute atomic E-state index is 0.0702. The zero-order valence-electron chi connectivity index (χ0n) is 11.7. The predicted molar refractivity (Wildman–Crippen MR) is 85.9 cm³/mol. The van der Waals surface area contributed by atoms with E-state index >= 15 is 0 Å². The molecule has 108 valence electrons. The number of hydrogen-bond acceptors (Lipinski definition) is 3. The van der Waals surface area contributed by atoms with Gasteiger partial charge in [0.25, 0.3) is 5.56 Å². The quantitative estimate of drug-likeness (QED) is 0.746. The van der Waals surface area contributed by atoms with E-state index in [-0.39, 0.29) is 12.1 Å². The summed E-state index contributed by atoms with van der Waals surface area (Å²) in [6, 6.07) is 16.8. The van der Waals surface area contributed by atoms with Gasteiger partial charge in [0.2, 0.25) is 0 Å². The molecule has 3 aromatic rings. The third kappa shape index (κ3) is 2.59. The summed E-state index contributed by atoms with van der Waals surface area (Å²) in [6.07, 6.45) is 0.506. The molecule has 1 aromatic heterocycles. The van der Waals surface area contributed by atoms with Crippen molar-refractivity contribution in [3.05, 3.63) is 75.2 Å². The molecule has 0 atom stereocenters. The predicted octanol–water partition coefficient (Wildman–Crippen LogP) is 3.16. The second kappa shape index (κ2) is 6.00. The van der Waals surface area contributed by atoms with Gasteiger partial charge in [-0.05, 0) is 17.7 Å². The van der Waals surface area contributed by atoms with Crippen LogP contribution in [0.5, 0.6) is 0 Å². The number of benzene rings is 2. The SMILES string of the molecule is N#CCn1nc(Cc2ccccc2Cl)c2ccccc2c1=O. The van der Waals surface area contributed by atoms with Crippen LogP contribution in [0.4, 0.5) is 0 Å². The summed E-state index contributed by atoms with van der Waals surface area (Å²) in [6.45, 7) is -0.0702. The van der Waals surface area contributed by atoms with Crippen molar-refractivity contribution in [3.8, 4) is 6.07 Å². The number of halogens is 1. The van der Waals surface area contributed by atoms with Gasteiger partial charge >= 0.3 is 0 Å². The summed E-state index contributed by atoms with van der Waals surface area (Å²) >= 11 is 6.21. The Kier molecular flexibility index (Phi) is 3.90. The van der Waals surface area contributed by atoms with E-state index in [9.17, 15) is 4.79 Å². The largest absolute Gasteiger partial charge is 0.275 e. The number of nitrogens with zero attached hydrogens (tertiary/aromatic N) is 3. The van der Waals surface area contributed by atoms with Crippen molar-refractivity contribution in [2.45, 2.75) is 13.0 Å². The fraction of sp³-hybridized carbons (Fsp3) is 0.118. The van der Waals surface area contributed by atoms with Crippen molar-refractivity contribution in [1.82, 2.24) is 9.78 Å². The highest BCUT2D eigenvalue weighted by molar-refractivity contribution is 6.31. The Labute approximate surface area is 132 Å². The van der Waals surface area contributed by atoms with Crippen molar-refractivity contribution in [2.24, 2.45) is 0 Å². The van der Waals surface area contributed by atoms with E-state index in [0.29, 0.717) is 16.8 Å². The average Bonchev–Trinajstić information content (AvgIpc) is 2.54. The molecule has 0 N–H and O–H groups in total. The smallest absolute Gasteiger partial charge is 0.267 e. The molecule has 4 nitrogen and oxygen atoms in total. The summed E-state index contributed by atoms with van der Waals surface area (Å²) in [7, 11) is 0. The van der Waals surface area contributed by atoms with Crippen LogP contribution in [0.3, 0.4) is 0 Å². The zero-order chi connectivity index (χ0) is 15.5. The molecule has 1 heterocycles. The first kappa shape index (κ1) is 14.3. The minimum Gasteiger partial charge on any atom is -0.267 e. The highest BCUT2D eigenvalue weighted by Gasteiger charge is 2.11. The molecule has 0 unspecified atom stereocenters. The van der Waals surface area contributed by atoms with Gasteiger partial charge in [0.1, 0.15) is 6.54 Å². The lowest BCUT2D eigenvalue weighted by Gasteiger charge is -2.10. The number of hydrogen-bond donors (Lipinski definition) is 0. The Hall–Kier alpha value is -2.64. The molecule has 0 amide bonds. The first-order chi connectivity index (χ1) is 10.7. The molecule has 5 heteroatoms. The molecule has 0 spiro atoms. The summed E-state index contributed by atoms with van der Waals surface area (Å²) in [5, 5.41) is 15.2. The summed E-state index contributed by atoms with van der Waals surface area (Å²) in [4.78, 5) is 12.3. The van der Waals surface area contributed by atoms with Crippen molar-refractivity contribution in [3.63, 3.8) is 0 Å². The van der Waals surface area contributed by atoms with E-state index in [4.69, 9.17) is 16.9 Å². The zero-order valence-corrected chi connectivity index (χ0v) is 12.4. The second-order valence-corrected chi connectivity index (χ2v) is 5.29. The van der Waals surface area contributed by atoms with Crippen molar-refractivity contribution in [2.75, 3.05) is 0 Å². The Bertz CT molecular complexity index is 941. The maximum Gasteiger partial charge on any atom is 0.275 e. The van der Waals surface area contributed by atoms with Crippen molar-refractivity contribution in [1.29, 1.82) is 5.26 Å². The fourth-order valence-electron chi connectivity index (χ4n) is 2.43. The lowest BCUT2D eigenvalue weighted by Crippen LogP contribution is -2.24. The standard InChI is InChI=1S/C17H12ClN3O/c18-15-8-4-1-5-12(15)11-16-13-6-2-3-7-14(13)17(22)21(20-16)10-9-19/h1-8H,10-11H2. The Morgan fingerprint density at radius 3 is 2.50 bits per heavy atom. The molecule has 0 saturated heterocycles. The molecule has 0 aliphatic heterocycles. The van der Waals surface area contributed by atoms with Crippen LogP contribution in [-0.2, 0) is 13.0 Å². The van der Waals surface area contributed by atoms with Gasteiger partial charge in [-0.3, -0.25) is 4.79 Å². The van der Waals surface area contributed by atoms with Gasteiger partial charge in [-0.25, -0.2) is 4.68 Å². The highest BCUT2D eigenvalue weighted by Crippen LogP contribution is 2.21. The van der Waals surface area contributed by atoms with Gasteiger partial charge in [-0.15, -0.1) is 0 Å². The van der Waals surface area contributed by atoms with Crippen LogP contribution in [0.1, 0.15) is 11.3 Å². The topological polar surface area (TPSA) is 58.7 Å². The third-order valence-electron chi connectivity index (χ3n) is 3.48. The Morgan fingerprint density at radius 2 is 1.77 bits per heavy atom. The maximum absolute atomic E-state index is 12.3. The van der Waals surface area contributed by atoms with Gasteiger partial charge in [-0.2, -0.15) is 10.4 Å². The molecule has 2 aromatic carbocycles. The molecule has 0 aliphatic rings. The van der Waals surface area contributed by atoms with Crippen LogP contribution in [0, 0.1) is 11.3 Å². The first-order valence-corrected chi connectivity index (χ1v) is 7.17. The second-order valence-electron chi connectivity index (χ2n) is 4.88. The van der Waals surface area contributed by atoms with E-state index in [2.05, 4.69) is 5.10 Å². The van der Waals surface area contributed by atoms with Gasteiger partial charge in [-0.1, -0.05) is 48.0 Å². The minimum atomic E-state index is -0.250. The van der Waals surface area contributed by atoms with E-state index in [0.717, 1.165) is 16.6 Å². The van der Waals surface area contributed by atoms with E-state index in [1.807, 2.05) is 42.5 Å². The molecule has 0 radical (unpaired) electrons. The number of aromatic nitrogens is 2. The first-order valence-electron chi connectivity index (χ1n) is 6.80. The Morgan fingerprint density at radius 1 is 1.09 bits per heavy atom. The van der Waals surface area contributed by atoms with Crippen LogP contribution in [0.15, 0.2) is 53.3 Å². The van der Waals surface area contributed by atoms with Crippen LogP contribution in [0.2, 0.25) is 5.02 Å². The highest BCUT2D eigenvalue weighted by atomic mass is 35.5. The molecule has 3 rings (SSSR count). The van der Waals surface area contributed by atoms with Crippen LogP contribution in [-0.4, -0.2) is 9.78 Å². The van der Waals surface area contributed by atoms with Gasteiger partial charge in [0, 0.05) is 16.8 Å². The van der Waals surface area contributed by atoms with Crippen molar-refractivity contribution >= 4 is 22.4 Å². The number of rotatable bonds is 3. The van der Waals surface area contributed by atoms with Gasteiger partial charge in [0.15, 0.2) is 0 Å². The summed E-state index contributed by atoms with van der Waals surface area (Å²) < 4.78 is 1.20. The normalized spacial score (nSPS) is 10.5. The van der Waals surface area contributed by atoms with Crippen LogP contribution >= 0.6 is 11.6 Å². The maximum atomic E-state index is 12.3. The summed E-state index contributed by atoms with van der Waals surface area (Å²) in [5.41, 5.74) is 1.42. The average molecular weight is 310 g/mol. The fourth-order valence-corrected chi connectivity index (χ4v) is 2.63. The number of nitriles is 1. The third-order valence-corrected chi connectivity index (χ3v) is 3.85. The van der Waals surface area contributed by atoms with Crippen LogP contribution in [0.25, 0.3) is 10.8 Å². The molecule has 0 bridgehead atoms. The molecule has 0 fully saturated rings. The lowest BCUT2D eigenvalue weighted by molar-refractivity contribution is 0.651.